The van der Waals surface area contributed by atoms with E-state index >= 15 is 0 Å². The van der Waals surface area contributed by atoms with Gasteiger partial charge in [0, 0.05) is 11.4 Å². The van der Waals surface area contributed by atoms with Crippen LogP contribution >= 0.6 is 0 Å². The van der Waals surface area contributed by atoms with Gasteiger partial charge in [0.05, 0.1) is 0 Å². The number of anilines is 2. The number of urea groups is 1. The lowest BCUT2D eigenvalue weighted by Gasteiger charge is -2.28. The summed E-state index contributed by atoms with van der Waals surface area (Å²) < 4.78 is 0. The monoisotopic (exact) mass is 272 g/mol. The predicted octanol–water partition coefficient (Wildman–Crippen LogP) is 2.02. The summed E-state index contributed by atoms with van der Waals surface area (Å²) in [7, 11) is 0. The fourth-order valence-electron chi connectivity index (χ4n) is 1.87. The quantitative estimate of drug-likeness (QED) is 0.837. The number of aliphatic hydroxyl groups excluding tert-OH is 2. The minimum absolute atomic E-state index is 0.466. The molecule has 0 aliphatic carbocycles. The van der Waals surface area contributed by atoms with E-state index in [2.05, 4.69) is 0 Å². The number of rotatable bonds is 4. The Morgan fingerprint density at radius 1 is 0.750 bits per heavy atom. The minimum atomic E-state index is -0.493. The van der Waals surface area contributed by atoms with E-state index in [4.69, 9.17) is 0 Å². The van der Waals surface area contributed by atoms with Crippen LogP contribution in [0.25, 0.3) is 0 Å². The van der Waals surface area contributed by atoms with Crippen molar-refractivity contribution in [3.8, 4) is 0 Å². The molecule has 0 aliphatic heterocycles. The Hall–Kier alpha value is -2.37. The largest absolute Gasteiger partial charge is 0.376 e. The van der Waals surface area contributed by atoms with Gasteiger partial charge in [-0.3, -0.25) is 9.80 Å². The number of nitrogens with zero attached hydrogens (tertiary/aromatic N) is 2. The summed E-state index contributed by atoms with van der Waals surface area (Å²) in [4.78, 5) is 14.8. The van der Waals surface area contributed by atoms with Crippen molar-refractivity contribution in [3.63, 3.8) is 0 Å². The summed E-state index contributed by atoms with van der Waals surface area (Å²) in [6.07, 6.45) is 0. The van der Waals surface area contributed by atoms with Crippen molar-refractivity contribution in [2.75, 3.05) is 23.3 Å². The molecule has 0 bridgehead atoms. The maximum Gasteiger partial charge on any atom is 0.332 e. The number of hydrogen-bond donors (Lipinski definition) is 2. The van der Waals surface area contributed by atoms with Gasteiger partial charge in [0.2, 0.25) is 0 Å². The molecule has 0 unspecified atom stereocenters. The van der Waals surface area contributed by atoms with Gasteiger partial charge in [-0.05, 0) is 24.3 Å². The summed E-state index contributed by atoms with van der Waals surface area (Å²) in [5.74, 6) is 0. The molecule has 0 saturated carbocycles. The molecular weight excluding hydrogens is 256 g/mol. The van der Waals surface area contributed by atoms with Crippen molar-refractivity contribution < 1.29 is 15.0 Å². The summed E-state index contributed by atoms with van der Waals surface area (Å²) in [6, 6.07) is 17.1. The highest BCUT2D eigenvalue weighted by Gasteiger charge is 2.22. The molecule has 2 amide bonds. The molecule has 0 saturated heterocycles. The Morgan fingerprint density at radius 3 is 1.40 bits per heavy atom. The second-order valence-electron chi connectivity index (χ2n) is 4.09. The molecule has 2 rings (SSSR count). The van der Waals surface area contributed by atoms with Gasteiger partial charge in [-0.1, -0.05) is 36.4 Å². The van der Waals surface area contributed by atoms with Gasteiger partial charge in [0.1, 0.15) is 13.5 Å². The van der Waals surface area contributed by atoms with Crippen LogP contribution in [-0.2, 0) is 0 Å². The lowest BCUT2D eigenvalue weighted by molar-refractivity contribution is 0.225. The van der Waals surface area contributed by atoms with Gasteiger partial charge in [-0.25, -0.2) is 4.79 Å². The SMILES string of the molecule is O=C(N(CO)c1ccccc1)N(CO)c1ccccc1. The first-order valence-corrected chi connectivity index (χ1v) is 6.18. The molecular formula is C15H16N2O3. The first-order chi connectivity index (χ1) is 9.77. The van der Waals surface area contributed by atoms with E-state index in [-0.39, 0.29) is 0 Å². The number of benzene rings is 2. The van der Waals surface area contributed by atoms with E-state index in [1.54, 1.807) is 48.5 Å². The summed E-state index contributed by atoms with van der Waals surface area (Å²) in [6.45, 7) is -0.932. The Balaban J connectivity index is 2.28. The van der Waals surface area contributed by atoms with E-state index in [1.165, 1.54) is 9.80 Å². The Morgan fingerprint density at radius 2 is 1.10 bits per heavy atom. The number of para-hydroxylation sites is 2. The van der Waals surface area contributed by atoms with Crippen LogP contribution in [0.3, 0.4) is 0 Å². The highest BCUT2D eigenvalue weighted by atomic mass is 16.3. The van der Waals surface area contributed by atoms with Crippen LogP contribution in [0.4, 0.5) is 16.2 Å². The molecule has 0 radical (unpaired) electrons. The summed E-state index contributed by atoms with van der Waals surface area (Å²) in [5, 5.41) is 18.9. The number of amides is 2. The zero-order valence-electron chi connectivity index (χ0n) is 10.9. The van der Waals surface area contributed by atoms with Crippen LogP contribution in [-0.4, -0.2) is 29.7 Å². The third kappa shape index (κ3) is 2.96. The van der Waals surface area contributed by atoms with Crippen LogP contribution in [0.1, 0.15) is 0 Å². The van der Waals surface area contributed by atoms with Crippen LogP contribution in [0.2, 0.25) is 0 Å². The van der Waals surface area contributed by atoms with Crippen molar-refractivity contribution in [2.24, 2.45) is 0 Å². The third-order valence-electron chi connectivity index (χ3n) is 2.88. The zero-order chi connectivity index (χ0) is 14.4. The van der Waals surface area contributed by atoms with Gasteiger partial charge in [-0.15, -0.1) is 0 Å². The standard InChI is InChI=1S/C15H16N2O3/c18-11-16(13-7-3-1-4-8-13)15(20)17(12-19)14-9-5-2-6-10-14/h1-10,18-19H,11-12H2. The maximum absolute atomic E-state index is 12.4. The number of carbonyl (C=O) groups is 1. The smallest absolute Gasteiger partial charge is 0.332 e. The maximum atomic E-state index is 12.4. The Kier molecular flexibility index (Phi) is 4.70. The molecule has 5 nitrogen and oxygen atoms in total. The van der Waals surface area contributed by atoms with Crippen molar-refractivity contribution in [1.29, 1.82) is 0 Å². The van der Waals surface area contributed by atoms with Crippen molar-refractivity contribution in [3.05, 3.63) is 60.7 Å². The zero-order valence-corrected chi connectivity index (χ0v) is 10.9. The van der Waals surface area contributed by atoms with Gasteiger partial charge < -0.3 is 10.2 Å². The van der Waals surface area contributed by atoms with Crippen molar-refractivity contribution in [1.82, 2.24) is 0 Å². The van der Waals surface area contributed by atoms with Crippen LogP contribution in [0, 0.1) is 0 Å². The average Bonchev–Trinajstić information content (AvgIpc) is 2.51. The lowest BCUT2D eigenvalue weighted by Crippen LogP contribution is -2.44. The predicted molar refractivity (Wildman–Crippen MR) is 77.4 cm³/mol. The van der Waals surface area contributed by atoms with E-state index in [0.29, 0.717) is 11.4 Å². The van der Waals surface area contributed by atoms with Crippen LogP contribution < -0.4 is 9.80 Å². The summed E-state index contributed by atoms with van der Waals surface area (Å²) >= 11 is 0. The molecule has 0 spiro atoms. The molecule has 0 atom stereocenters. The molecule has 2 aromatic rings. The number of aliphatic hydroxyl groups is 2. The fraction of sp³-hybridized carbons (Fsp3) is 0.133. The van der Waals surface area contributed by atoms with Crippen molar-refractivity contribution >= 4 is 17.4 Å². The Bertz CT molecular complexity index is 496. The molecule has 2 aromatic carbocycles. The molecule has 0 aromatic heterocycles. The average molecular weight is 272 g/mol. The van der Waals surface area contributed by atoms with E-state index in [0.717, 1.165) is 0 Å². The van der Waals surface area contributed by atoms with Crippen LogP contribution in [0.5, 0.6) is 0 Å². The molecule has 0 fully saturated rings. The van der Waals surface area contributed by atoms with Gasteiger partial charge >= 0.3 is 6.03 Å². The fourth-order valence-corrected chi connectivity index (χ4v) is 1.87. The number of carbonyl (C=O) groups excluding carboxylic acids is 1. The van der Waals surface area contributed by atoms with Crippen LogP contribution in [0.15, 0.2) is 60.7 Å². The Labute approximate surface area is 117 Å². The van der Waals surface area contributed by atoms with Gasteiger partial charge in [0.15, 0.2) is 0 Å². The first-order valence-electron chi connectivity index (χ1n) is 6.18. The molecule has 2 N–H and O–H groups in total. The highest BCUT2D eigenvalue weighted by molar-refractivity contribution is 6.03. The molecule has 5 heteroatoms. The van der Waals surface area contributed by atoms with Crippen molar-refractivity contribution in [2.45, 2.75) is 0 Å². The summed E-state index contributed by atoms with van der Waals surface area (Å²) in [5.41, 5.74) is 1.13. The van der Waals surface area contributed by atoms with E-state index in [1.807, 2.05) is 12.1 Å². The van der Waals surface area contributed by atoms with E-state index < -0.39 is 19.5 Å². The highest BCUT2D eigenvalue weighted by Crippen LogP contribution is 2.19. The van der Waals surface area contributed by atoms with E-state index in [9.17, 15) is 15.0 Å². The molecule has 20 heavy (non-hydrogen) atoms. The lowest BCUT2D eigenvalue weighted by atomic mass is 10.3. The molecule has 104 valence electrons. The molecule has 0 aliphatic rings. The number of hydrogen-bond acceptors (Lipinski definition) is 3. The molecule has 0 heterocycles. The topological polar surface area (TPSA) is 64.0 Å². The second kappa shape index (κ2) is 6.70. The first kappa shape index (κ1) is 14.0. The van der Waals surface area contributed by atoms with Gasteiger partial charge in [-0.2, -0.15) is 0 Å². The normalized spacial score (nSPS) is 10.1. The minimum Gasteiger partial charge on any atom is -0.376 e. The second-order valence-corrected chi connectivity index (χ2v) is 4.09. The van der Waals surface area contributed by atoms with Gasteiger partial charge in [0.25, 0.3) is 0 Å². The third-order valence-corrected chi connectivity index (χ3v) is 2.88.